The van der Waals surface area contributed by atoms with Crippen molar-refractivity contribution in [3.8, 4) is 5.75 Å². The molecule has 1 heterocycles. The molecule has 0 saturated carbocycles. The molecule has 0 radical (unpaired) electrons. The molecule has 10 heteroatoms. The Kier molecular flexibility index (Phi) is 5.87. The summed E-state index contributed by atoms with van der Waals surface area (Å²) in [6, 6.07) is 8.75. The van der Waals surface area contributed by atoms with Gasteiger partial charge in [-0.3, -0.25) is 14.9 Å². The zero-order valence-electron chi connectivity index (χ0n) is 14.1. The number of nitro groups is 1. The SMILES string of the molecule is COc1cc([N+](=O)[O-])cc2sc(NC(=O)CCSc3ccc(F)cc3)nc12. The zero-order chi connectivity index (χ0) is 19.4. The van der Waals surface area contributed by atoms with Gasteiger partial charge in [-0.05, 0) is 24.3 Å². The van der Waals surface area contributed by atoms with Crippen molar-refractivity contribution in [3.63, 3.8) is 0 Å². The molecule has 0 aliphatic carbocycles. The third-order valence-corrected chi connectivity index (χ3v) is 5.46. The second-order valence-corrected chi connectivity index (χ2v) is 7.57. The van der Waals surface area contributed by atoms with Crippen LogP contribution in [0.25, 0.3) is 10.2 Å². The summed E-state index contributed by atoms with van der Waals surface area (Å²) in [5.74, 6) is 0.278. The van der Waals surface area contributed by atoms with Crippen molar-refractivity contribution < 1.29 is 18.8 Å². The van der Waals surface area contributed by atoms with Crippen LogP contribution < -0.4 is 10.1 Å². The highest BCUT2D eigenvalue weighted by Gasteiger charge is 2.17. The van der Waals surface area contributed by atoms with Crippen LogP contribution in [0, 0.1) is 15.9 Å². The first kappa shape index (κ1) is 19.1. The summed E-state index contributed by atoms with van der Waals surface area (Å²) in [4.78, 5) is 27.8. The lowest BCUT2D eigenvalue weighted by atomic mass is 10.3. The number of halogens is 1. The van der Waals surface area contributed by atoms with Crippen LogP contribution in [-0.4, -0.2) is 28.7 Å². The second-order valence-electron chi connectivity index (χ2n) is 5.37. The number of nitrogens with zero attached hydrogens (tertiary/aromatic N) is 2. The molecule has 0 aliphatic rings. The van der Waals surface area contributed by atoms with E-state index in [9.17, 15) is 19.3 Å². The molecule has 0 unspecified atom stereocenters. The average Bonchev–Trinajstić information content (AvgIpc) is 3.04. The lowest BCUT2D eigenvalue weighted by Crippen LogP contribution is -2.11. The van der Waals surface area contributed by atoms with Gasteiger partial charge in [-0.2, -0.15) is 0 Å². The molecule has 3 rings (SSSR count). The van der Waals surface area contributed by atoms with E-state index in [0.717, 1.165) is 16.2 Å². The molecule has 0 atom stereocenters. The lowest BCUT2D eigenvalue weighted by molar-refractivity contribution is -0.384. The molecule has 3 aromatic rings. The number of carbonyl (C=O) groups excluding carboxylic acids is 1. The number of nitrogens with one attached hydrogen (secondary N) is 1. The number of anilines is 1. The normalized spacial score (nSPS) is 10.7. The molecule has 27 heavy (non-hydrogen) atoms. The van der Waals surface area contributed by atoms with Gasteiger partial charge in [0.25, 0.3) is 5.69 Å². The van der Waals surface area contributed by atoms with Gasteiger partial charge in [-0.15, -0.1) is 11.8 Å². The number of thiazole rings is 1. The summed E-state index contributed by atoms with van der Waals surface area (Å²) in [5, 5.41) is 14.0. The number of methoxy groups -OCH3 is 1. The zero-order valence-corrected chi connectivity index (χ0v) is 15.7. The maximum Gasteiger partial charge on any atom is 0.274 e. The summed E-state index contributed by atoms with van der Waals surface area (Å²) < 4.78 is 18.6. The molecular weight excluding hydrogens is 393 g/mol. The fourth-order valence-electron chi connectivity index (χ4n) is 2.27. The number of non-ortho nitro benzene ring substituents is 1. The number of amides is 1. The largest absolute Gasteiger partial charge is 0.494 e. The topological polar surface area (TPSA) is 94.4 Å². The van der Waals surface area contributed by atoms with E-state index in [2.05, 4.69) is 10.3 Å². The summed E-state index contributed by atoms with van der Waals surface area (Å²) >= 11 is 2.59. The Labute approximate surface area is 161 Å². The van der Waals surface area contributed by atoms with E-state index in [-0.39, 0.29) is 29.6 Å². The first-order valence-corrected chi connectivity index (χ1v) is 9.57. The predicted octanol–water partition coefficient (Wildman–Crippen LogP) is 4.47. The van der Waals surface area contributed by atoms with Crippen molar-refractivity contribution in [2.45, 2.75) is 11.3 Å². The first-order chi connectivity index (χ1) is 13.0. The van der Waals surface area contributed by atoms with Crippen molar-refractivity contribution in [2.75, 3.05) is 18.2 Å². The Bertz CT molecular complexity index is 992. The number of hydrogen-bond donors (Lipinski definition) is 1. The molecule has 1 aromatic heterocycles. The van der Waals surface area contributed by atoms with E-state index >= 15 is 0 Å². The lowest BCUT2D eigenvalue weighted by Gasteiger charge is -2.02. The van der Waals surface area contributed by atoms with Crippen molar-refractivity contribution in [2.24, 2.45) is 0 Å². The van der Waals surface area contributed by atoms with Crippen molar-refractivity contribution in [1.82, 2.24) is 4.98 Å². The smallest absolute Gasteiger partial charge is 0.274 e. The van der Waals surface area contributed by atoms with Gasteiger partial charge in [0.2, 0.25) is 5.91 Å². The number of ether oxygens (including phenoxy) is 1. The number of aromatic nitrogens is 1. The molecule has 0 aliphatic heterocycles. The van der Waals surface area contributed by atoms with E-state index in [1.54, 1.807) is 12.1 Å². The Balaban J connectivity index is 1.64. The molecular formula is C17H14FN3O4S2. The monoisotopic (exact) mass is 407 g/mol. The van der Waals surface area contributed by atoms with Gasteiger partial charge >= 0.3 is 0 Å². The minimum absolute atomic E-state index is 0.100. The second kappa shape index (κ2) is 8.31. The van der Waals surface area contributed by atoms with Gasteiger partial charge in [0.15, 0.2) is 10.9 Å². The van der Waals surface area contributed by atoms with Crippen LogP contribution in [0.1, 0.15) is 6.42 Å². The minimum atomic E-state index is -0.507. The molecule has 140 valence electrons. The summed E-state index contributed by atoms with van der Waals surface area (Å²) in [5.41, 5.74) is 0.362. The van der Waals surface area contributed by atoms with Crippen LogP contribution in [0.5, 0.6) is 5.75 Å². The molecule has 0 bridgehead atoms. The summed E-state index contributed by atoms with van der Waals surface area (Å²) in [6.07, 6.45) is 0.245. The van der Waals surface area contributed by atoms with E-state index < -0.39 is 4.92 Å². The fraction of sp³-hybridized carbons (Fsp3) is 0.176. The fourth-order valence-corrected chi connectivity index (χ4v) is 4.06. The maximum absolute atomic E-state index is 12.9. The van der Waals surface area contributed by atoms with Crippen LogP contribution in [0.3, 0.4) is 0 Å². The van der Waals surface area contributed by atoms with Crippen molar-refractivity contribution >= 4 is 50.0 Å². The summed E-state index contributed by atoms with van der Waals surface area (Å²) in [6.45, 7) is 0. The molecule has 1 N–H and O–H groups in total. The third kappa shape index (κ3) is 4.72. The highest BCUT2D eigenvalue weighted by atomic mass is 32.2. The number of thioether (sulfide) groups is 1. The van der Waals surface area contributed by atoms with Crippen LogP contribution >= 0.6 is 23.1 Å². The van der Waals surface area contributed by atoms with Gasteiger partial charge in [-0.1, -0.05) is 11.3 Å². The summed E-state index contributed by atoms with van der Waals surface area (Å²) in [7, 11) is 1.41. The van der Waals surface area contributed by atoms with E-state index in [0.29, 0.717) is 21.1 Å². The maximum atomic E-state index is 12.9. The standard InChI is InChI=1S/C17H14FN3O4S2/c1-25-13-8-11(21(23)24)9-14-16(13)20-17(27-14)19-15(22)6-7-26-12-4-2-10(18)3-5-12/h2-5,8-9H,6-7H2,1H3,(H,19,20,22). The molecule has 0 saturated heterocycles. The Hall–Kier alpha value is -2.72. The number of fused-ring (bicyclic) bond motifs is 1. The molecule has 1 amide bonds. The van der Waals surface area contributed by atoms with Gasteiger partial charge in [0, 0.05) is 23.1 Å². The van der Waals surface area contributed by atoms with E-state index in [1.165, 1.54) is 43.1 Å². The number of carbonyl (C=O) groups is 1. The Morgan fingerprint density at radius 3 is 2.78 bits per heavy atom. The van der Waals surface area contributed by atoms with Gasteiger partial charge < -0.3 is 10.1 Å². The van der Waals surface area contributed by atoms with Crippen LogP contribution in [0.2, 0.25) is 0 Å². The Morgan fingerprint density at radius 1 is 1.37 bits per heavy atom. The quantitative estimate of drug-likeness (QED) is 0.353. The van der Waals surface area contributed by atoms with Gasteiger partial charge in [-0.25, -0.2) is 9.37 Å². The number of hydrogen-bond acceptors (Lipinski definition) is 7. The van der Waals surface area contributed by atoms with E-state index in [4.69, 9.17) is 4.74 Å². The highest BCUT2D eigenvalue weighted by molar-refractivity contribution is 7.99. The highest BCUT2D eigenvalue weighted by Crippen LogP contribution is 2.36. The molecule has 0 spiro atoms. The van der Waals surface area contributed by atoms with Gasteiger partial charge in [0.1, 0.15) is 11.3 Å². The third-order valence-electron chi connectivity index (χ3n) is 3.53. The minimum Gasteiger partial charge on any atom is -0.494 e. The number of benzene rings is 2. The van der Waals surface area contributed by atoms with Crippen molar-refractivity contribution in [3.05, 3.63) is 52.3 Å². The molecule has 0 fully saturated rings. The van der Waals surface area contributed by atoms with Crippen LogP contribution in [-0.2, 0) is 4.79 Å². The number of rotatable bonds is 7. The first-order valence-electron chi connectivity index (χ1n) is 7.77. The van der Waals surface area contributed by atoms with Crippen LogP contribution in [0.4, 0.5) is 15.2 Å². The van der Waals surface area contributed by atoms with E-state index in [1.807, 2.05) is 0 Å². The predicted molar refractivity (Wildman–Crippen MR) is 103 cm³/mol. The van der Waals surface area contributed by atoms with Crippen molar-refractivity contribution in [1.29, 1.82) is 0 Å². The molecule has 2 aromatic carbocycles. The average molecular weight is 407 g/mol. The van der Waals surface area contributed by atoms with Gasteiger partial charge in [0.05, 0.1) is 22.8 Å². The van der Waals surface area contributed by atoms with Crippen LogP contribution in [0.15, 0.2) is 41.3 Å². The Morgan fingerprint density at radius 2 is 2.11 bits per heavy atom. The molecule has 7 nitrogen and oxygen atoms in total. The number of nitro benzene ring substituents is 1.